The molecule has 0 saturated carbocycles. The number of hydrogen-bond donors (Lipinski definition) is 2. The van der Waals surface area contributed by atoms with Crippen molar-refractivity contribution in [3.8, 4) is 5.88 Å². The first kappa shape index (κ1) is 13.2. The van der Waals surface area contributed by atoms with E-state index in [-0.39, 0.29) is 12.0 Å². The molecule has 0 aliphatic heterocycles. The molecule has 1 heterocycles. The van der Waals surface area contributed by atoms with Gasteiger partial charge in [0, 0.05) is 12.0 Å². The maximum absolute atomic E-state index is 10.5. The molecule has 0 spiro atoms. The molecule has 6 heteroatoms. The van der Waals surface area contributed by atoms with Gasteiger partial charge in [0.1, 0.15) is 5.82 Å². The summed E-state index contributed by atoms with van der Waals surface area (Å²) < 4.78 is 4.96. The second kappa shape index (κ2) is 5.47. The molecule has 1 aromatic rings. The SMILES string of the molecule is COc1cncc(NC(C)(C)CCC(=O)O)n1. The van der Waals surface area contributed by atoms with Crippen molar-refractivity contribution in [1.82, 2.24) is 9.97 Å². The van der Waals surface area contributed by atoms with Gasteiger partial charge in [-0.2, -0.15) is 4.98 Å². The van der Waals surface area contributed by atoms with Gasteiger partial charge >= 0.3 is 5.97 Å². The van der Waals surface area contributed by atoms with Crippen LogP contribution < -0.4 is 10.1 Å². The lowest BCUT2D eigenvalue weighted by atomic mass is 9.98. The molecule has 0 atom stereocenters. The van der Waals surface area contributed by atoms with Crippen LogP contribution in [-0.4, -0.2) is 33.7 Å². The summed E-state index contributed by atoms with van der Waals surface area (Å²) in [5.74, 6) is 0.181. The summed E-state index contributed by atoms with van der Waals surface area (Å²) in [6.07, 6.45) is 3.69. The zero-order valence-corrected chi connectivity index (χ0v) is 10.2. The van der Waals surface area contributed by atoms with Crippen LogP contribution in [0.4, 0.5) is 5.82 Å². The Morgan fingerprint density at radius 2 is 2.24 bits per heavy atom. The van der Waals surface area contributed by atoms with E-state index < -0.39 is 5.97 Å². The number of carbonyl (C=O) groups is 1. The molecule has 1 aromatic heterocycles. The van der Waals surface area contributed by atoms with Gasteiger partial charge in [0.25, 0.3) is 0 Å². The molecule has 6 nitrogen and oxygen atoms in total. The number of aliphatic carboxylic acids is 1. The molecule has 94 valence electrons. The van der Waals surface area contributed by atoms with E-state index in [1.807, 2.05) is 13.8 Å². The maximum atomic E-state index is 10.5. The molecule has 1 rings (SSSR count). The van der Waals surface area contributed by atoms with Crippen LogP contribution in [0.1, 0.15) is 26.7 Å². The summed E-state index contributed by atoms with van der Waals surface area (Å²) >= 11 is 0. The highest BCUT2D eigenvalue weighted by Crippen LogP contribution is 2.18. The van der Waals surface area contributed by atoms with Crippen LogP contribution in [0.2, 0.25) is 0 Å². The summed E-state index contributed by atoms with van der Waals surface area (Å²) in [5, 5.41) is 11.8. The number of rotatable bonds is 6. The Bertz CT molecular complexity index is 393. The van der Waals surface area contributed by atoms with Crippen molar-refractivity contribution in [3.05, 3.63) is 12.4 Å². The lowest BCUT2D eigenvalue weighted by Gasteiger charge is -2.26. The van der Waals surface area contributed by atoms with Gasteiger partial charge in [-0.15, -0.1) is 0 Å². The van der Waals surface area contributed by atoms with Gasteiger partial charge < -0.3 is 15.2 Å². The third-order valence-electron chi connectivity index (χ3n) is 2.25. The lowest BCUT2D eigenvalue weighted by Crippen LogP contribution is -2.32. The minimum atomic E-state index is -0.809. The van der Waals surface area contributed by atoms with E-state index >= 15 is 0 Å². The van der Waals surface area contributed by atoms with Gasteiger partial charge in [0.05, 0.1) is 19.5 Å². The first-order valence-corrected chi connectivity index (χ1v) is 5.29. The number of methoxy groups -OCH3 is 1. The number of hydrogen-bond acceptors (Lipinski definition) is 5. The van der Waals surface area contributed by atoms with Crippen molar-refractivity contribution in [2.75, 3.05) is 12.4 Å². The Hall–Kier alpha value is -1.85. The number of carboxylic acids is 1. The summed E-state index contributed by atoms with van der Waals surface area (Å²) in [6, 6.07) is 0. The number of nitrogens with zero attached hydrogens (tertiary/aromatic N) is 2. The summed E-state index contributed by atoms with van der Waals surface area (Å²) in [7, 11) is 1.52. The molecular formula is C11H17N3O3. The third-order valence-corrected chi connectivity index (χ3v) is 2.25. The topological polar surface area (TPSA) is 84.3 Å². The van der Waals surface area contributed by atoms with Crippen LogP contribution in [-0.2, 0) is 4.79 Å². The Balaban J connectivity index is 2.64. The highest BCUT2D eigenvalue weighted by molar-refractivity contribution is 5.66. The van der Waals surface area contributed by atoms with Gasteiger partial charge in [-0.25, -0.2) is 0 Å². The molecule has 17 heavy (non-hydrogen) atoms. The normalized spacial score (nSPS) is 11.0. The minimum Gasteiger partial charge on any atom is -0.481 e. The molecule has 0 radical (unpaired) electrons. The smallest absolute Gasteiger partial charge is 0.303 e. The fourth-order valence-electron chi connectivity index (χ4n) is 1.34. The van der Waals surface area contributed by atoms with E-state index in [4.69, 9.17) is 9.84 Å². The predicted molar refractivity (Wildman–Crippen MR) is 63.2 cm³/mol. The van der Waals surface area contributed by atoms with E-state index in [2.05, 4.69) is 15.3 Å². The van der Waals surface area contributed by atoms with E-state index in [9.17, 15) is 4.79 Å². The van der Waals surface area contributed by atoms with Crippen molar-refractivity contribution in [2.24, 2.45) is 0 Å². The van der Waals surface area contributed by atoms with Gasteiger partial charge in [-0.1, -0.05) is 0 Å². The van der Waals surface area contributed by atoms with Crippen LogP contribution in [0, 0.1) is 0 Å². The molecule has 0 unspecified atom stereocenters. The summed E-state index contributed by atoms with van der Waals surface area (Å²) in [6.45, 7) is 3.83. The average Bonchev–Trinajstić information content (AvgIpc) is 2.26. The minimum absolute atomic E-state index is 0.109. The molecular weight excluding hydrogens is 222 g/mol. The molecule has 0 bridgehead atoms. The second-order valence-electron chi connectivity index (χ2n) is 4.35. The first-order chi connectivity index (χ1) is 7.93. The number of ether oxygens (including phenoxy) is 1. The molecule has 0 saturated heterocycles. The van der Waals surface area contributed by atoms with Crippen LogP contribution in [0.5, 0.6) is 5.88 Å². The predicted octanol–water partition coefficient (Wildman–Crippen LogP) is 1.54. The van der Waals surface area contributed by atoms with Gasteiger partial charge in [-0.05, 0) is 20.3 Å². The van der Waals surface area contributed by atoms with Crippen LogP contribution >= 0.6 is 0 Å². The summed E-state index contributed by atoms with van der Waals surface area (Å²) in [4.78, 5) is 18.7. The number of aromatic nitrogens is 2. The molecule has 0 aromatic carbocycles. The third kappa shape index (κ3) is 4.67. The van der Waals surface area contributed by atoms with Crippen LogP contribution in [0.15, 0.2) is 12.4 Å². The van der Waals surface area contributed by atoms with E-state index in [1.165, 1.54) is 13.3 Å². The van der Waals surface area contributed by atoms with Gasteiger partial charge in [0.15, 0.2) is 0 Å². The molecule has 0 amide bonds. The molecule has 0 aliphatic rings. The van der Waals surface area contributed by atoms with Crippen molar-refractivity contribution in [2.45, 2.75) is 32.2 Å². The zero-order valence-electron chi connectivity index (χ0n) is 10.2. The summed E-state index contributed by atoms with van der Waals surface area (Å²) in [5.41, 5.74) is -0.362. The standard InChI is InChI=1S/C11H17N3O3/c1-11(2,5-4-10(15)16)14-8-6-12-7-9(13-8)17-3/h6-7H,4-5H2,1-3H3,(H,13,14)(H,15,16). The number of nitrogens with one attached hydrogen (secondary N) is 1. The average molecular weight is 239 g/mol. The number of carboxylic acid groups (broad SMARTS) is 1. The quantitative estimate of drug-likeness (QED) is 0.783. The monoisotopic (exact) mass is 239 g/mol. The number of anilines is 1. The highest BCUT2D eigenvalue weighted by Gasteiger charge is 2.19. The van der Waals surface area contributed by atoms with E-state index in [0.29, 0.717) is 18.1 Å². The Morgan fingerprint density at radius 1 is 1.53 bits per heavy atom. The lowest BCUT2D eigenvalue weighted by molar-refractivity contribution is -0.137. The van der Waals surface area contributed by atoms with Crippen LogP contribution in [0.3, 0.4) is 0 Å². The van der Waals surface area contributed by atoms with Crippen molar-refractivity contribution >= 4 is 11.8 Å². The van der Waals surface area contributed by atoms with E-state index in [1.54, 1.807) is 6.20 Å². The maximum Gasteiger partial charge on any atom is 0.303 e. The Kier molecular flexibility index (Phi) is 4.25. The zero-order chi connectivity index (χ0) is 12.9. The van der Waals surface area contributed by atoms with Crippen molar-refractivity contribution in [1.29, 1.82) is 0 Å². The Labute approximate surface area is 100 Å². The van der Waals surface area contributed by atoms with Crippen molar-refractivity contribution < 1.29 is 14.6 Å². The Morgan fingerprint density at radius 3 is 2.82 bits per heavy atom. The van der Waals surface area contributed by atoms with E-state index in [0.717, 1.165) is 0 Å². The largest absolute Gasteiger partial charge is 0.481 e. The fourth-order valence-corrected chi connectivity index (χ4v) is 1.34. The first-order valence-electron chi connectivity index (χ1n) is 5.29. The van der Waals surface area contributed by atoms with Crippen LogP contribution in [0.25, 0.3) is 0 Å². The second-order valence-corrected chi connectivity index (χ2v) is 4.35. The fraction of sp³-hybridized carbons (Fsp3) is 0.545. The molecule has 0 fully saturated rings. The van der Waals surface area contributed by atoms with Gasteiger partial charge in [-0.3, -0.25) is 9.78 Å². The molecule has 2 N–H and O–H groups in total. The van der Waals surface area contributed by atoms with Crippen molar-refractivity contribution in [3.63, 3.8) is 0 Å². The van der Waals surface area contributed by atoms with Gasteiger partial charge in [0.2, 0.25) is 5.88 Å². The molecule has 0 aliphatic carbocycles. The highest BCUT2D eigenvalue weighted by atomic mass is 16.5.